The molecule has 1 saturated heterocycles. The Morgan fingerprint density at radius 2 is 2.20 bits per heavy atom. The maximum absolute atomic E-state index is 12.0. The SMILES string of the molecule is CCOC(=O)[C@@H]1COCC[C@@H]1NC(C)c1ccccc1. The number of esters is 1. The molecule has 1 aromatic rings. The molecule has 0 aromatic heterocycles. The van der Waals surface area contributed by atoms with E-state index in [9.17, 15) is 4.79 Å². The zero-order chi connectivity index (χ0) is 14.4. The molecule has 1 aliphatic heterocycles. The number of hydrogen-bond donors (Lipinski definition) is 1. The molecule has 0 amide bonds. The standard InChI is InChI=1S/C16H23NO3/c1-3-20-16(18)14-11-19-10-9-15(14)17-12(2)13-7-5-4-6-8-13/h4-8,12,14-15,17H,3,9-11H2,1-2H3/t12?,14-,15+/m1/s1. The van der Waals surface area contributed by atoms with Crippen molar-refractivity contribution in [1.29, 1.82) is 0 Å². The molecule has 0 saturated carbocycles. The fourth-order valence-electron chi connectivity index (χ4n) is 2.58. The van der Waals surface area contributed by atoms with Gasteiger partial charge in [0.25, 0.3) is 0 Å². The van der Waals surface area contributed by atoms with Crippen LogP contribution in [0.1, 0.15) is 31.9 Å². The van der Waals surface area contributed by atoms with E-state index in [-0.39, 0.29) is 24.0 Å². The number of nitrogens with one attached hydrogen (secondary N) is 1. The zero-order valence-electron chi connectivity index (χ0n) is 12.2. The van der Waals surface area contributed by atoms with Crippen molar-refractivity contribution in [2.24, 2.45) is 5.92 Å². The lowest BCUT2D eigenvalue weighted by Crippen LogP contribution is -2.47. The van der Waals surface area contributed by atoms with Gasteiger partial charge in [-0.1, -0.05) is 30.3 Å². The van der Waals surface area contributed by atoms with Gasteiger partial charge in [0, 0.05) is 18.7 Å². The normalized spacial score (nSPS) is 24.1. The van der Waals surface area contributed by atoms with Crippen molar-refractivity contribution in [3.8, 4) is 0 Å². The van der Waals surface area contributed by atoms with Gasteiger partial charge < -0.3 is 14.8 Å². The second-order valence-corrected chi connectivity index (χ2v) is 5.13. The highest BCUT2D eigenvalue weighted by Crippen LogP contribution is 2.21. The van der Waals surface area contributed by atoms with E-state index < -0.39 is 0 Å². The Morgan fingerprint density at radius 1 is 1.45 bits per heavy atom. The number of benzene rings is 1. The Hall–Kier alpha value is -1.39. The molecule has 1 aromatic carbocycles. The van der Waals surface area contributed by atoms with Gasteiger partial charge in [0.2, 0.25) is 0 Å². The van der Waals surface area contributed by atoms with Crippen LogP contribution < -0.4 is 5.32 Å². The summed E-state index contributed by atoms with van der Waals surface area (Å²) in [6.07, 6.45) is 0.834. The van der Waals surface area contributed by atoms with Crippen molar-refractivity contribution < 1.29 is 14.3 Å². The van der Waals surface area contributed by atoms with Gasteiger partial charge in [-0.25, -0.2) is 0 Å². The highest BCUT2D eigenvalue weighted by atomic mass is 16.5. The molecular formula is C16H23NO3. The summed E-state index contributed by atoms with van der Waals surface area (Å²) in [5, 5.41) is 3.54. The molecule has 2 rings (SSSR count). The van der Waals surface area contributed by atoms with E-state index in [1.54, 1.807) is 0 Å². The molecular weight excluding hydrogens is 254 g/mol. The van der Waals surface area contributed by atoms with Crippen molar-refractivity contribution in [2.45, 2.75) is 32.4 Å². The number of ether oxygens (including phenoxy) is 2. The molecule has 1 aliphatic rings. The van der Waals surface area contributed by atoms with E-state index in [1.165, 1.54) is 5.56 Å². The average molecular weight is 277 g/mol. The van der Waals surface area contributed by atoms with Crippen molar-refractivity contribution in [2.75, 3.05) is 19.8 Å². The molecule has 4 heteroatoms. The Kier molecular flexibility index (Phi) is 5.56. The molecule has 1 heterocycles. The van der Waals surface area contributed by atoms with Crippen molar-refractivity contribution in [1.82, 2.24) is 5.32 Å². The van der Waals surface area contributed by atoms with Crippen LogP contribution in [-0.2, 0) is 14.3 Å². The lowest BCUT2D eigenvalue weighted by molar-refractivity contribution is -0.154. The molecule has 1 fully saturated rings. The molecule has 110 valence electrons. The van der Waals surface area contributed by atoms with Gasteiger partial charge in [-0.05, 0) is 25.8 Å². The summed E-state index contributed by atoms with van der Waals surface area (Å²) in [4.78, 5) is 12.0. The van der Waals surface area contributed by atoms with Crippen LogP contribution in [0.3, 0.4) is 0 Å². The van der Waals surface area contributed by atoms with Crippen LogP contribution in [-0.4, -0.2) is 31.8 Å². The van der Waals surface area contributed by atoms with Gasteiger partial charge in [0.15, 0.2) is 0 Å². The first kappa shape index (κ1) is 15.0. The minimum absolute atomic E-state index is 0.109. The highest BCUT2D eigenvalue weighted by Gasteiger charge is 2.33. The van der Waals surface area contributed by atoms with E-state index in [0.717, 1.165) is 6.42 Å². The van der Waals surface area contributed by atoms with Crippen LogP contribution in [0.2, 0.25) is 0 Å². The summed E-state index contributed by atoms with van der Waals surface area (Å²) in [6, 6.07) is 10.6. The highest BCUT2D eigenvalue weighted by molar-refractivity contribution is 5.73. The molecule has 0 aliphatic carbocycles. The van der Waals surface area contributed by atoms with Crippen molar-refractivity contribution >= 4 is 5.97 Å². The summed E-state index contributed by atoms with van der Waals surface area (Å²) in [7, 11) is 0. The van der Waals surface area contributed by atoms with E-state index in [4.69, 9.17) is 9.47 Å². The minimum atomic E-state index is -0.213. The molecule has 3 atom stereocenters. The molecule has 0 radical (unpaired) electrons. The summed E-state index contributed by atoms with van der Waals surface area (Å²) in [5.41, 5.74) is 1.22. The maximum atomic E-state index is 12.0. The van der Waals surface area contributed by atoms with Crippen LogP contribution in [0.25, 0.3) is 0 Å². The Bertz CT molecular complexity index is 421. The van der Waals surface area contributed by atoms with Crippen LogP contribution >= 0.6 is 0 Å². The van der Waals surface area contributed by atoms with Gasteiger partial charge in [0.05, 0.1) is 19.1 Å². The molecule has 0 bridgehead atoms. The van der Waals surface area contributed by atoms with Crippen molar-refractivity contribution in [3.63, 3.8) is 0 Å². The first-order valence-corrected chi connectivity index (χ1v) is 7.27. The van der Waals surface area contributed by atoms with Crippen LogP contribution in [0.4, 0.5) is 0 Å². The van der Waals surface area contributed by atoms with Crippen molar-refractivity contribution in [3.05, 3.63) is 35.9 Å². The monoisotopic (exact) mass is 277 g/mol. The second kappa shape index (κ2) is 7.41. The zero-order valence-corrected chi connectivity index (χ0v) is 12.2. The van der Waals surface area contributed by atoms with E-state index >= 15 is 0 Å². The smallest absolute Gasteiger partial charge is 0.312 e. The first-order valence-electron chi connectivity index (χ1n) is 7.27. The number of rotatable bonds is 5. The fourth-order valence-corrected chi connectivity index (χ4v) is 2.58. The molecule has 4 nitrogen and oxygen atoms in total. The quantitative estimate of drug-likeness (QED) is 0.839. The maximum Gasteiger partial charge on any atom is 0.312 e. The predicted molar refractivity (Wildman–Crippen MR) is 77.3 cm³/mol. The van der Waals surface area contributed by atoms with Crippen LogP contribution in [0.15, 0.2) is 30.3 Å². The first-order chi connectivity index (χ1) is 9.72. The molecule has 0 spiro atoms. The van der Waals surface area contributed by atoms with Gasteiger partial charge in [-0.2, -0.15) is 0 Å². The molecule has 1 N–H and O–H groups in total. The minimum Gasteiger partial charge on any atom is -0.466 e. The topological polar surface area (TPSA) is 47.6 Å². The number of hydrogen-bond acceptors (Lipinski definition) is 4. The lowest BCUT2D eigenvalue weighted by Gasteiger charge is -2.33. The summed E-state index contributed by atoms with van der Waals surface area (Å²) < 4.78 is 10.6. The van der Waals surface area contributed by atoms with E-state index in [2.05, 4.69) is 24.4 Å². The second-order valence-electron chi connectivity index (χ2n) is 5.13. The predicted octanol–water partition coefficient (Wildman–Crippen LogP) is 2.31. The Morgan fingerprint density at radius 3 is 2.90 bits per heavy atom. The lowest BCUT2D eigenvalue weighted by atomic mass is 9.94. The number of carbonyl (C=O) groups is 1. The third-order valence-electron chi connectivity index (χ3n) is 3.71. The van der Waals surface area contributed by atoms with Gasteiger partial charge in [-0.3, -0.25) is 4.79 Å². The van der Waals surface area contributed by atoms with Crippen LogP contribution in [0, 0.1) is 5.92 Å². The number of carbonyl (C=O) groups excluding carboxylic acids is 1. The summed E-state index contributed by atoms with van der Waals surface area (Å²) in [6.45, 7) is 5.49. The largest absolute Gasteiger partial charge is 0.466 e. The Labute approximate surface area is 120 Å². The third kappa shape index (κ3) is 3.81. The van der Waals surface area contributed by atoms with E-state index in [0.29, 0.717) is 19.8 Å². The van der Waals surface area contributed by atoms with E-state index in [1.807, 2.05) is 25.1 Å². The summed E-state index contributed by atoms with van der Waals surface area (Å²) in [5.74, 6) is -0.375. The van der Waals surface area contributed by atoms with Gasteiger partial charge in [0.1, 0.15) is 0 Å². The Balaban J connectivity index is 2.00. The van der Waals surface area contributed by atoms with Gasteiger partial charge in [-0.15, -0.1) is 0 Å². The van der Waals surface area contributed by atoms with Crippen LogP contribution in [0.5, 0.6) is 0 Å². The third-order valence-corrected chi connectivity index (χ3v) is 3.71. The molecule has 1 unspecified atom stereocenters. The van der Waals surface area contributed by atoms with Gasteiger partial charge >= 0.3 is 5.97 Å². The average Bonchev–Trinajstić information content (AvgIpc) is 2.49. The fraction of sp³-hybridized carbons (Fsp3) is 0.562. The molecule has 20 heavy (non-hydrogen) atoms. The summed E-state index contributed by atoms with van der Waals surface area (Å²) >= 11 is 0.